The Morgan fingerprint density at radius 3 is 2.70 bits per heavy atom. The maximum Gasteiger partial charge on any atom is 0.170 e. The van der Waals surface area contributed by atoms with E-state index in [1.807, 2.05) is 30.5 Å². The molecule has 0 bridgehead atoms. The molecular formula is C25H31N5O2S. The first-order valence-corrected chi connectivity index (χ1v) is 12.0. The molecule has 5 heterocycles. The molecule has 0 aromatic carbocycles. The minimum absolute atomic E-state index is 0.000881. The van der Waals surface area contributed by atoms with E-state index in [2.05, 4.69) is 50.6 Å². The number of aryl methyl sites for hydroxylation is 1. The van der Waals surface area contributed by atoms with Crippen LogP contribution in [-0.2, 0) is 11.3 Å². The van der Waals surface area contributed by atoms with E-state index in [1.165, 1.54) is 17.0 Å². The Morgan fingerprint density at radius 2 is 1.97 bits per heavy atom. The van der Waals surface area contributed by atoms with Gasteiger partial charge in [0.05, 0.1) is 43.8 Å². The standard InChI is InChI=1S/C25H31N5O2S/c1-18-16-21(19(2)30(18)17-20-6-5-13-32-20)24-23(22-7-3-4-8-26-22)27-25(33)29(24)10-9-28-11-14-31-15-12-28/h3-8,13,16,23-24H,9-12,14-15,17H2,1-2H3,(H,27,33)/t23-,24+/m1/s1. The minimum Gasteiger partial charge on any atom is -0.467 e. The maximum absolute atomic E-state index is 5.86. The Kier molecular flexibility index (Phi) is 6.48. The van der Waals surface area contributed by atoms with Crippen LogP contribution in [0, 0.1) is 13.8 Å². The molecule has 0 radical (unpaired) electrons. The summed E-state index contributed by atoms with van der Waals surface area (Å²) < 4.78 is 13.5. The van der Waals surface area contributed by atoms with Gasteiger partial charge in [-0.3, -0.25) is 9.88 Å². The van der Waals surface area contributed by atoms with Crippen LogP contribution in [0.3, 0.4) is 0 Å². The van der Waals surface area contributed by atoms with Gasteiger partial charge in [0.25, 0.3) is 0 Å². The zero-order valence-electron chi connectivity index (χ0n) is 19.2. The van der Waals surface area contributed by atoms with Crippen molar-refractivity contribution in [2.45, 2.75) is 32.5 Å². The molecule has 174 valence electrons. The second kappa shape index (κ2) is 9.67. The van der Waals surface area contributed by atoms with Crippen molar-refractivity contribution in [3.05, 3.63) is 77.3 Å². The van der Waals surface area contributed by atoms with Crippen molar-refractivity contribution >= 4 is 17.3 Å². The van der Waals surface area contributed by atoms with Gasteiger partial charge in [-0.1, -0.05) is 6.07 Å². The van der Waals surface area contributed by atoms with Crippen molar-refractivity contribution in [1.29, 1.82) is 0 Å². The summed E-state index contributed by atoms with van der Waals surface area (Å²) in [6, 6.07) is 12.4. The van der Waals surface area contributed by atoms with Crippen molar-refractivity contribution in [1.82, 2.24) is 24.7 Å². The van der Waals surface area contributed by atoms with Gasteiger partial charge in [0.2, 0.25) is 0 Å². The first kappa shape index (κ1) is 22.1. The molecule has 8 heteroatoms. The molecule has 0 amide bonds. The number of morpholine rings is 1. The summed E-state index contributed by atoms with van der Waals surface area (Å²) in [5.41, 5.74) is 4.74. The lowest BCUT2D eigenvalue weighted by Crippen LogP contribution is -2.42. The van der Waals surface area contributed by atoms with E-state index in [1.54, 1.807) is 6.26 Å². The van der Waals surface area contributed by atoms with E-state index in [-0.39, 0.29) is 12.1 Å². The predicted molar refractivity (Wildman–Crippen MR) is 131 cm³/mol. The molecule has 5 rings (SSSR count). The molecule has 0 unspecified atom stereocenters. The molecule has 1 N–H and O–H groups in total. The fourth-order valence-corrected chi connectivity index (χ4v) is 5.32. The predicted octanol–water partition coefficient (Wildman–Crippen LogP) is 3.45. The number of thiocarbonyl (C=S) groups is 1. The second-order valence-electron chi connectivity index (χ2n) is 8.77. The molecular weight excluding hydrogens is 434 g/mol. The lowest BCUT2D eigenvalue weighted by Gasteiger charge is -2.32. The lowest BCUT2D eigenvalue weighted by atomic mass is 9.97. The van der Waals surface area contributed by atoms with Crippen LogP contribution in [0.25, 0.3) is 0 Å². The van der Waals surface area contributed by atoms with Crippen LogP contribution in [-0.4, -0.2) is 63.9 Å². The first-order chi connectivity index (χ1) is 16.1. The number of ether oxygens (including phenoxy) is 1. The SMILES string of the molecule is Cc1cc([C@H]2[C@@H](c3ccccn3)NC(=S)N2CCN2CCOCC2)c(C)n1Cc1ccco1. The molecule has 0 spiro atoms. The summed E-state index contributed by atoms with van der Waals surface area (Å²) >= 11 is 5.86. The van der Waals surface area contributed by atoms with Gasteiger partial charge in [-0.25, -0.2) is 0 Å². The fourth-order valence-electron chi connectivity index (χ4n) is 4.99. The molecule has 2 aliphatic rings. The Bertz CT molecular complexity index is 1080. The summed E-state index contributed by atoms with van der Waals surface area (Å²) in [7, 11) is 0. The third-order valence-electron chi connectivity index (χ3n) is 6.78. The highest BCUT2D eigenvalue weighted by atomic mass is 32.1. The van der Waals surface area contributed by atoms with Crippen molar-refractivity contribution in [3.63, 3.8) is 0 Å². The van der Waals surface area contributed by atoms with E-state index in [4.69, 9.17) is 21.4 Å². The average Bonchev–Trinajstić information content (AvgIpc) is 3.54. The van der Waals surface area contributed by atoms with Gasteiger partial charge < -0.3 is 23.9 Å². The van der Waals surface area contributed by atoms with Crippen molar-refractivity contribution in [3.8, 4) is 0 Å². The van der Waals surface area contributed by atoms with E-state index in [0.717, 1.165) is 62.5 Å². The van der Waals surface area contributed by atoms with Gasteiger partial charge in [0.1, 0.15) is 5.76 Å². The lowest BCUT2D eigenvalue weighted by molar-refractivity contribution is 0.0350. The molecule has 7 nitrogen and oxygen atoms in total. The monoisotopic (exact) mass is 465 g/mol. The normalized spacial score (nSPS) is 21.5. The Labute approximate surface area is 200 Å². The number of pyridine rings is 1. The molecule has 2 fully saturated rings. The Balaban J connectivity index is 1.47. The van der Waals surface area contributed by atoms with Crippen LogP contribution in [0.2, 0.25) is 0 Å². The van der Waals surface area contributed by atoms with E-state index in [0.29, 0.717) is 0 Å². The van der Waals surface area contributed by atoms with Crippen LogP contribution in [0.15, 0.2) is 53.3 Å². The van der Waals surface area contributed by atoms with Crippen LogP contribution >= 0.6 is 12.2 Å². The summed E-state index contributed by atoms with van der Waals surface area (Å²) in [5, 5.41) is 4.37. The van der Waals surface area contributed by atoms with Gasteiger partial charge in [0.15, 0.2) is 5.11 Å². The molecule has 33 heavy (non-hydrogen) atoms. The fraction of sp³-hybridized carbons (Fsp3) is 0.440. The number of nitrogens with one attached hydrogen (secondary N) is 1. The van der Waals surface area contributed by atoms with Crippen LogP contribution < -0.4 is 5.32 Å². The van der Waals surface area contributed by atoms with Gasteiger partial charge in [-0.05, 0) is 62.0 Å². The summed E-state index contributed by atoms with van der Waals surface area (Å²) in [5.74, 6) is 0.953. The largest absolute Gasteiger partial charge is 0.467 e. The van der Waals surface area contributed by atoms with E-state index >= 15 is 0 Å². The van der Waals surface area contributed by atoms with Crippen LogP contribution in [0.5, 0.6) is 0 Å². The molecule has 2 aliphatic heterocycles. The molecule has 3 aromatic heterocycles. The number of rotatable bonds is 7. The van der Waals surface area contributed by atoms with Crippen LogP contribution in [0.1, 0.15) is 40.5 Å². The molecule has 2 atom stereocenters. The van der Waals surface area contributed by atoms with Crippen LogP contribution in [0.4, 0.5) is 0 Å². The van der Waals surface area contributed by atoms with Gasteiger partial charge in [0, 0.05) is 43.8 Å². The highest BCUT2D eigenvalue weighted by Crippen LogP contribution is 2.40. The van der Waals surface area contributed by atoms with Gasteiger partial charge >= 0.3 is 0 Å². The summed E-state index contributed by atoms with van der Waals surface area (Å²) in [6.07, 6.45) is 3.59. The highest BCUT2D eigenvalue weighted by molar-refractivity contribution is 7.80. The zero-order valence-corrected chi connectivity index (χ0v) is 20.1. The molecule has 0 aliphatic carbocycles. The van der Waals surface area contributed by atoms with E-state index in [9.17, 15) is 0 Å². The number of hydrogen-bond acceptors (Lipinski definition) is 5. The van der Waals surface area contributed by atoms with E-state index < -0.39 is 0 Å². The maximum atomic E-state index is 5.86. The molecule has 3 aromatic rings. The third kappa shape index (κ3) is 4.55. The number of furan rings is 1. The smallest absolute Gasteiger partial charge is 0.170 e. The third-order valence-corrected chi connectivity index (χ3v) is 7.14. The van der Waals surface area contributed by atoms with Crippen molar-refractivity contribution < 1.29 is 9.15 Å². The van der Waals surface area contributed by atoms with Crippen molar-refractivity contribution in [2.24, 2.45) is 0 Å². The minimum atomic E-state index is 0.000881. The quantitative estimate of drug-likeness (QED) is 0.537. The Morgan fingerprint density at radius 1 is 1.12 bits per heavy atom. The van der Waals surface area contributed by atoms with Gasteiger partial charge in [-0.2, -0.15) is 0 Å². The first-order valence-electron chi connectivity index (χ1n) is 11.6. The highest BCUT2D eigenvalue weighted by Gasteiger charge is 2.41. The number of aromatic nitrogens is 2. The average molecular weight is 466 g/mol. The number of hydrogen-bond donors (Lipinski definition) is 1. The molecule has 0 saturated carbocycles. The number of nitrogens with zero attached hydrogens (tertiary/aromatic N) is 4. The molecule has 2 saturated heterocycles. The summed E-state index contributed by atoms with van der Waals surface area (Å²) in [6.45, 7) is 10.4. The Hall–Kier alpha value is -2.68. The van der Waals surface area contributed by atoms with Crippen molar-refractivity contribution in [2.75, 3.05) is 39.4 Å². The summed E-state index contributed by atoms with van der Waals surface area (Å²) in [4.78, 5) is 9.48. The van der Waals surface area contributed by atoms with Gasteiger partial charge in [-0.15, -0.1) is 0 Å². The second-order valence-corrected chi connectivity index (χ2v) is 9.15. The zero-order chi connectivity index (χ0) is 22.8. The topological polar surface area (TPSA) is 58.7 Å².